The average molecular weight is 289 g/mol. The first-order valence-electron chi connectivity index (χ1n) is 7.52. The number of carbonyl (C=O) groups excluding carboxylic acids is 1. The van der Waals surface area contributed by atoms with Gasteiger partial charge in [0.05, 0.1) is 0 Å². The van der Waals surface area contributed by atoms with Crippen LogP contribution in [0.5, 0.6) is 0 Å². The monoisotopic (exact) mass is 289 g/mol. The highest BCUT2D eigenvalue weighted by atomic mass is 16.4. The van der Waals surface area contributed by atoms with Crippen LogP contribution in [0, 0.1) is 5.92 Å². The standard InChI is InChI=1S/C16H23N3O2/c17-15(19-21)10-13-6-8-14(9-7-13)18-16(20)11-12-4-2-1-3-5-12/h6-9,12,21H,1-5,10-11H2,(H2,17,19)(H,18,20). The smallest absolute Gasteiger partial charge is 0.224 e. The van der Waals surface area contributed by atoms with Crippen molar-refractivity contribution in [1.29, 1.82) is 0 Å². The van der Waals surface area contributed by atoms with Gasteiger partial charge in [-0.1, -0.05) is 36.6 Å². The number of benzene rings is 1. The van der Waals surface area contributed by atoms with Gasteiger partial charge >= 0.3 is 0 Å². The van der Waals surface area contributed by atoms with Crippen LogP contribution in [-0.4, -0.2) is 17.0 Å². The number of nitrogens with two attached hydrogens (primary N) is 1. The van der Waals surface area contributed by atoms with Crippen molar-refractivity contribution in [2.75, 3.05) is 5.32 Å². The SMILES string of the molecule is NC(Cc1ccc(NC(=O)CC2CCCCC2)cc1)=NO. The summed E-state index contributed by atoms with van der Waals surface area (Å²) < 4.78 is 0. The molecule has 5 nitrogen and oxygen atoms in total. The van der Waals surface area contributed by atoms with Crippen molar-refractivity contribution in [3.63, 3.8) is 0 Å². The van der Waals surface area contributed by atoms with Crippen molar-refractivity contribution in [1.82, 2.24) is 0 Å². The summed E-state index contributed by atoms with van der Waals surface area (Å²) in [6.45, 7) is 0. The van der Waals surface area contributed by atoms with E-state index in [1.165, 1.54) is 32.1 Å². The molecule has 21 heavy (non-hydrogen) atoms. The van der Waals surface area contributed by atoms with E-state index in [9.17, 15) is 4.79 Å². The van der Waals surface area contributed by atoms with Crippen molar-refractivity contribution in [3.05, 3.63) is 29.8 Å². The molecule has 1 amide bonds. The molecule has 0 heterocycles. The Morgan fingerprint density at radius 2 is 1.90 bits per heavy atom. The van der Waals surface area contributed by atoms with E-state index in [1.807, 2.05) is 24.3 Å². The van der Waals surface area contributed by atoms with Crippen molar-refractivity contribution >= 4 is 17.4 Å². The minimum Gasteiger partial charge on any atom is -0.409 e. The van der Waals surface area contributed by atoms with Gasteiger partial charge in [-0.3, -0.25) is 4.79 Å². The molecule has 0 spiro atoms. The summed E-state index contributed by atoms with van der Waals surface area (Å²) in [5, 5.41) is 14.4. The molecule has 2 rings (SSSR count). The molecule has 114 valence electrons. The number of hydrogen-bond donors (Lipinski definition) is 3. The van der Waals surface area contributed by atoms with Gasteiger partial charge in [-0.25, -0.2) is 0 Å². The molecule has 0 unspecified atom stereocenters. The number of nitrogens with one attached hydrogen (secondary N) is 1. The molecule has 1 fully saturated rings. The van der Waals surface area contributed by atoms with Gasteiger partial charge in [0.1, 0.15) is 5.84 Å². The van der Waals surface area contributed by atoms with Gasteiger partial charge in [-0.2, -0.15) is 0 Å². The van der Waals surface area contributed by atoms with E-state index in [0.717, 1.165) is 11.3 Å². The Labute approximate surface area is 125 Å². The largest absolute Gasteiger partial charge is 0.409 e. The maximum atomic E-state index is 12.0. The van der Waals surface area contributed by atoms with Crippen molar-refractivity contribution < 1.29 is 10.0 Å². The maximum Gasteiger partial charge on any atom is 0.224 e. The van der Waals surface area contributed by atoms with Crippen LogP contribution in [0.4, 0.5) is 5.69 Å². The summed E-state index contributed by atoms with van der Waals surface area (Å²) >= 11 is 0. The van der Waals surface area contributed by atoms with Crippen LogP contribution in [0.25, 0.3) is 0 Å². The van der Waals surface area contributed by atoms with E-state index in [4.69, 9.17) is 10.9 Å². The number of anilines is 1. The van der Waals surface area contributed by atoms with E-state index in [2.05, 4.69) is 10.5 Å². The Morgan fingerprint density at radius 1 is 1.24 bits per heavy atom. The second-order valence-electron chi connectivity index (χ2n) is 5.72. The molecular weight excluding hydrogens is 266 g/mol. The van der Waals surface area contributed by atoms with Crippen LogP contribution in [-0.2, 0) is 11.2 Å². The Balaban J connectivity index is 1.83. The minimum absolute atomic E-state index is 0.0890. The summed E-state index contributed by atoms with van der Waals surface area (Å²) in [5.41, 5.74) is 7.19. The summed E-state index contributed by atoms with van der Waals surface area (Å²) in [7, 11) is 0. The first kappa shape index (κ1) is 15.4. The third-order valence-corrected chi connectivity index (χ3v) is 3.95. The van der Waals surface area contributed by atoms with Crippen molar-refractivity contribution in [2.45, 2.75) is 44.9 Å². The fraction of sp³-hybridized carbons (Fsp3) is 0.500. The number of amidine groups is 1. The molecule has 0 atom stereocenters. The van der Waals surface area contributed by atoms with Crippen LogP contribution < -0.4 is 11.1 Å². The first-order chi connectivity index (χ1) is 10.2. The third kappa shape index (κ3) is 5.10. The Bertz CT molecular complexity index is 491. The zero-order valence-electron chi connectivity index (χ0n) is 12.2. The van der Waals surface area contributed by atoms with Crippen molar-refractivity contribution in [2.24, 2.45) is 16.8 Å². The topological polar surface area (TPSA) is 87.7 Å². The highest BCUT2D eigenvalue weighted by Crippen LogP contribution is 2.26. The third-order valence-electron chi connectivity index (χ3n) is 3.95. The second-order valence-corrected chi connectivity index (χ2v) is 5.72. The highest BCUT2D eigenvalue weighted by Gasteiger charge is 2.16. The zero-order valence-corrected chi connectivity index (χ0v) is 12.2. The lowest BCUT2D eigenvalue weighted by molar-refractivity contribution is -0.117. The van der Waals surface area contributed by atoms with Crippen LogP contribution in [0.1, 0.15) is 44.1 Å². The van der Waals surface area contributed by atoms with Gasteiger partial charge in [-0.05, 0) is 36.5 Å². The number of nitrogens with zero attached hydrogens (tertiary/aromatic N) is 1. The molecule has 1 aromatic rings. The molecular formula is C16H23N3O2. The number of amides is 1. The molecule has 0 radical (unpaired) electrons. The van der Waals surface area contributed by atoms with E-state index in [0.29, 0.717) is 18.8 Å². The Morgan fingerprint density at radius 3 is 2.52 bits per heavy atom. The Kier molecular flexibility index (Phi) is 5.60. The molecule has 5 heteroatoms. The molecule has 1 aliphatic rings. The van der Waals surface area contributed by atoms with Crippen LogP contribution >= 0.6 is 0 Å². The lowest BCUT2D eigenvalue weighted by Crippen LogP contribution is -2.18. The molecule has 0 aromatic heterocycles. The normalized spacial score (nSPS) is 16.7. The average Bonchev–Trinajstić information content (AvgIpc) is 2.50. The predicted octanol–water partition coefficient (Wildman–Crippen LogP) is 2.88. The van der Waals surface area contributed by atoms with Gasteiger partial charge in [0.2, 0.25) is 5.91 Å². The zero-order chi connectivity index (χ0) is 15.1. The highest BCUT2D eigenvalue weighted by molar-refractivity contribution is 5.91. The van der Waals surface area contributed by atoms with Crippen molar-refractivity contribution in [3.8, 4) is 0 Å². The number of rotatable bonds is 5. The van der Waals surface area contributed by atoms with E-state index in [1.54, 1.807) is 0 Å². The molecule has 1 aliphatic carbocycles. The summed E-state index contributed by atoms with van der Waals surface area (Å²) in [6.07, 6.45) is 7.16. The molecule has 0 saturated heterocycles. The first-order valence-corrected chi connectivity index (χ1v) is 7.52. The van der Waals surface area contributed by atoms with E-state index < -0.39 is 0 Å². The van der Waals surface area contributed by atoms with Crippen LogP contribution in [0.2, 0.25) is 0 Å². The fourth-order valence-electron chi connectivity index (χ4n) is 2.82. The molecule has 0 aliphatic heterocycles. The number of carbonyl (C=O) groups is 1. The summed E-state index contributed by atoms with van der Waals surface area (Å²) in [5.74, 6) is 0.800. The van der Waals surface area contributed by atoms with Gasteiger partial charge in [0.25, 0.3) is 0 Å². The summed E-state index contributed by atoms with van der Waals surface area (Å²) in [6, 6.07) is 7.43. The van der Waals surface area contributed by atoms with Gasteiger partial charge in [0.15, 0.2) is 0 Å². The fourth-order valence-corrected chi connectivity index (χ4v) is 2.82. The van der Waals surface area contributed by atoms with Gasteiger partial charge < -0.3 is 16.3 Å². The molecule has 0 bridgehead atoms. The predicted molar refractivity (Wildman–Crippen MR) is 83.4 cm³/mol. The number of oxime groups is 1. The van der Waals surface area contributed by atoms with Crippen LogP contribution in [0.3, 0.4) is 0 Å². The molecule has 4 N–H and O–H groups in total. The van der Waals surface area contributed by atoms with E-state index >= 15 is 0 Å². The Hall–Kier alpha value is -2.04. The lowest BCUT2D eigenvalue weighted by Gasteiger charge is -2.20. The lowest BCUT2D eigenvalue weighted by atomic mass is 9.87. The maximum absolute atomic E-state index is 12.0. The molecule has 1 saturated carbocycles. The van der Waals surface area contributed by atoms with Gasteiger partial charge in [-0.15, -0.1) is 0 Å². The minimum atomic E-state index is 0.0890. The quantitative estimate of drug-likeness (QED) is 0.337. The van der Waals surface area contributed by atoms with E-state index in [-0.39, 0.29) is 11.7 Å². The van der Waals surface area contributed by atoms with Crippen LogP contribution in [0.15, 0.2) is 29.4 Å². The summed E-state index contributed by atoms with van der Waals surface area (Å²) in [4.78, 5) is 12.0. The van der Waals surface area contributed by atoms with Gasteiger partial charge in [0, 0.05) is 18.5 Å². The molecule has 1 aromatic carbocycles. The number of hydrogen-bond acceptors (Lipinski definition) is 3. The second kappa shape index (κ2) is 7.67.